The van der Waals surface area contributed by atoms with Crippen LogP contribution in [0.2, 0.25) is 0 Å². The molecule has 0 fully saturated rings. The van der Waals surface area contributed by atoms with E-state index in [0.29, 0.717) is 62.4 Å². The number of carbonyl (C=O) groups excluding carboxylic acids is 1. The smallest absolute Gasteiger partial charge is 0.338 e. The monoisotopic (exact) mass is 552 g/mol. The Morgan fingerprint density at radius 1 is 0.949 bits per heavy atom. The molecule has 0 bridgehead atoms. The molecule has 0 radical (unpaired) electrons. The first-order valence-electron chi connectivity index (χ1n) is 12.7. The molecule has 0 saturated heterocycles. The number of ether oxygens (including phenoxy) is 5. The minimum absolute atomic E-state index is 0.194. The summed E-state index contributed by atoms with van der Waals surface area (Å²) < 4.78 is 29.7. The molecule has 2 heterocycles. The summed E-state index contributed by atoms with van der Waals surface area (Å²) in [6.45, 7) is 8.36. The average Bonchev–Trinajstić information content (AvgIpc) is 3.23. The topological polar surface area (TPSA) is 97.6 Å². The summed E-state index contributed by atoms with van der Waals surface area (Å²) in [4.78, 5) is 32.2. The van der Waals surface area contributed by atoms with Crippen LogP contribution in [0, 0.1) is 0 Å². The quantitative estimate of drug-likeness (QED) is 0.355. The van der Waals surface area contributed by atoms with E-state index in [2.05, 4.69) is 4.99 Å². The Kier molecular flexibility index (Phi) is 8.75. The number of esters is 1. The normalized spacial score (nSPS) is 14.9. The maximum absolute atomic E-state index is 13.9. The van der Waals surface area contributed by atoms with E-state index in [1.807, 2.05) is 32.0 Å². The van der Waals surface area contributed by atoms with Crippen molar-refractivity contribution in [1.82, 2.24) is 4.57 Å². The van der Waals surface area contributed by atoms with E-state index in [1.54, 1.807) is 56.9 Å². The van der Waals surface area contributed by atoms with Gasteiger partial charge in [0, 0.05) is 0 Å². The van der Waals surface area contributed by atoms with Gasteiger partial charge < -0.3 is 23.7 Å². The fourth-order valence-corrected chi connectivity index (χ4v) is 5.49. The van der Waals surface area contributed by atoms with Crippen LogP contribution in [0.25, 0.3) is 6.08 Å². The molecule has 4 rings (SSSR count). The van der Waals surface area contributed by atoms with Gasteiger partial charge in [-0.1, -0.05) is 23.5 Å². The molecule has 0 aliphatic carbocycles. The molecule has 0 spiro atoms. The number of carbonyl (C=O) groups is 1. The Balaban J connectivity index is 1.94. The van der Waals surface area contributed by atoms with Crippen molar-refractivity contribution >= 4 is 23.4 Å². The van der Waals surface area contributed by atoms with Crippen LogP contribution in [-0.2, 0) is 9.53 Å². The zero-order valence-electron chi connectivity index (χ0n) is 22.9. The molecule has 206 valence electrons. The van der Waals surface area contributed by atoms with E-state index in [0.717, 1.165) is 5.56 Å². The Bertz CT molecular complexity index is 1590. The van der Waals surface area contributed by atoms with Crippen molar-refractivity contribution < 1.29 is 28.5 Å². The number of aromatic nitrogens is 1. The van der Waals surface area contributed by atoms with E-state index in [-0.39, 0.29) is 12.2 Å². The fourth-order valence-electron chi connectivity index (χ4n) is 4.44. The maximum atomic E-state index is 13.9. The number of nitrogens with zero attached hydrogens (tertiary/aromatic N) is 2. The van der Waals surface area contributed by atoms with Crippen LogP contribution >= 0.6 is 11.3 Å². The highest BCUT2D eigenvalue weighted by atomic mass is 32.1. The van der Waals surface area contributed by atoms with E-state index in [1.165, 1.54) is 11.3 Å². The van der Waals surface area contributed by atoms with Crippen molar-refractivity contribution in [1.29, 1.82) is 0 Å². The van der Waals surface area contributed by atoms with Crippen LogP contribution in [0.4, 0.5) is 0 Å². The zero-order valence-corrected chi connectivity index (χ0v) is 23.7. The van der Waals surface area contributed by atoms with E-state index >= 15 is 0 Å². The van der Waals surface area contributed by atoms with Gasteiger partial charge in [0.25, 0.3) is 5.56 Å². The van der Waals surface area contributed by atoms with Gasteiger partial charge in [0.15, 0.2) is 27.8 Å². The highest BCUT2D eigenvalue weighted by molar-refractivity contribution is 7.07. The molecule has 0 saturated carbocycles. The third-order valence-electron chi connectivity index (χ3n) is 6.11. The Morgan fingerprint density at radius 3 is 2.31 bits per heavy atom. The predicted molar refractivity (Wildman–Crippen MR) is 149 cm³/mol. The molecule has 9 nitrogen and oxygen atoms in total. The summed E-state index contributed by atoms with van der Waals surface area (Å²) in [5.74, 6) is 1.73. The van der Waals surface area contributed by atoms with Gasteiger partial charge in [-0.15, -0.1) is 0 Å². The highest BCUT2D eigenvalue weighted by Crippen LogP contribution is 2.36. The molecular formula is C29H32N2O7S. The van der Waals surface area contributed by atoms with Crippen LogP contribution in [0.1, 0.15) is 44.9 Å². The van der Waals surface area contributed by atoms with Gasteiger partial charge in [0.1, 0.15) is 0 Å². The number of rotatable bonds is 10. The number of thiazole rings is 1. The van der Waals surface area contributed by atoms with Crippen LogP contribution in [0.15, 0.2) is 57.5 Å². The van der Waals surface area contributed by atoms with Crippen LogP contribution in [-0.4, -0.2) is 44.6 Å². The SMILES string of the molecule is CCOC(=O)C1=C(C)N=c2s/c(=C\c3ccc(OC)c(OC)c3)c(=O)n2[C@H]1c1ccc(OCC)c(OCC)c1. The third-order valence-corrected chi connectivity index (χ3v) is 7.09. The maximum Gasteiger partial charge on any atom is 0.338 e. The first-order chi connectivity index (χ1) is 18.9. The predicted octanol–water partition coefficient (Wildman–Crippen LogP) is 3.61. The van der Waals surface area contributed by atoms with Crippen LogP contribution in [0.5, 0.6) is 23.0 Å². The van der Waals surface area contributed by atoms with Crippen molar-refractivity contribution in [2.45, 2.75) is 33.7 Å². The molecule has 1 aliphatic heterocycles. The van der Waals surface area contributed by atoms with Crippen molar-refractivity contribution in [3.8, 4) is 23.0 Å². The Morgan fingerprint density at radius 2 is 1.64 bits per heavy atom. The standard InChI is InChI=1S/C29H32N2O7S/c1-7-36-21-13-11-19(16-23(21)37-8-2)26-25(28(33)38-9-3)17(4)30-29-31(26)27(32)24(39-29)15-18-10-12-20(34-5)22(14-18)35-6/h10-16,26H,7-9H2,1-6H3/b24-15-/t26-/m0/s1. The summed E-state index contributed by atoms with van der Waals surface area (Å²) in [6.07, 6.45) is 1.77. The van der Waals surface area contributed by atoms with Crippen LogP contribution in [0.3, 0.4) is 0 Å². The first kappa shape index (κ1) is 28.0. The average molecular weight is 553 g/mol. The second-order valence-electron chi connectivity index (χ2n) is 8.49. The van der Waals surface area contributed by atoms with Gasteiger partial charge in [-0.2, -0.15) is 0 Å². The lowest BCUT2D eigenvalue weighted by atomic mass is 9.95. The molecule has 3 aromatic rings. The largest absolute Gasteiger partial charge is 0.493 e. The van der Waals surface area contributed by atoms with E-state index < -0.39 is 12.0 Å². The summed E-state index contributed by atoms with van der Waals surface area (Å²) >= 11 is 1.25. The lowest BCUT2D eigenvalue weighted by molar-refractivity contribution is -0.139. The molecule has 10 heteroatoms. The highest BCUT2D eigenvalue weighted by Gasteiger charge is 2.34. The number of methoxy groups -OCH3 is 2. The number of benzene rings is 2. The Hall–Kier alpha value is -4.05. The van der Waals surface area contributed by atoms with Gasteiger partial charge in [-0.25, -0.2) is 9.79 Å². The number of hydrogen-bond donors (Lipinski definition) is 0. The van der Waals surface area contributed by atoms with Crippen molar-refractivity contribution in [3.05, 3.63) is 78.5 Å². The number of fused-ring (bicyclic) bond motifs is 1. The lowest BCUT2D eigenvalue weighted by Gasteiger charge is -2.25. The number of hydrogen-bond acceptors (Lipinski definition) is 9. The molecule has 0 amide bonds. The van der Waals surface area contributed by atoms with Crippen molar-refractivity contribution in [2.75, 3.05) is 34.0 Å². The second kappa shape index (κ2) is 12.2. The molecule has 39 heavy (non-hydrogen) atoms. The molecule has 1 atom stereocenters. The molecule has 2 aromatic carbocycles. The zero-order chi connectivity index (χ0) is 28.1. The number of allylic oxidation sites excluding steroid dienone is 1. The van der Waals surface area contributed by atoms with Gasteiger partial charge in [0.2, 0.25) is 0 Å². The van der Waals surface area contributed by atoms with Crippen molar-refractivity contribution in [2.24, 2.45) is 4.99 Å². The van der Waals surface area contributed by atoms with E-state index in [9.17, 15) is 9.59 Å². The summed E-state index contributed by atoms with van der Waals surface area (Å²) in [7, 11) is 3.12. The third kappa shape index (κ3) is 5.56. The van der Waals surface area contributed by atoms with E-state index in [4.69, 9.17) is 23.7 Å². The minimum atomic E-state index is -0.761. The van der Waals surface area contributed by atoms with Gasteiger partial charge >= 0.3 is 5.97 Å². The fraction of sp³-hybridized carbons (Fsp3) is 0.345. The summed E-state index contributed by atoms with van der Waals surface area (Å²) in [6, 6.07) is 10.1. The molecular weight excluding hydrogens is 520 g/mol. The molecule has 0 unspecified atom stereocenters. The van der Waals surface area contributed by atoms with Gasteiger partial charge in [-0.05, 0) is 69.2 Å². The molecule has 1 aliphatic rings. The summed E-state index contributed by atoms with van der Waals surface area (Å²) in [5, 5.41) is 0. The molecule has 0 N–H and O–H groups in total. The lowest BCUT2D eigenvalue weighted by Crippen LogP contribution is -2.40. The second-order valence-corrected chi connectivity index (χ2v) is 9.50. The van der Waals surface area contributed by atoms with Crippen molar-refractivity contribution in [3.63, 3.8) is 0 Å². The molecule has 1 aromatic heterocycles. The Labute approximate surface area is 230 Å². The van der Waals surface area contributed by atoms with Gasteiger partial charge in [-0.3, -0.25) is 9.36 Å². The minimum Gasteiger partial charge on any atom is -0.493 e. The first-order valence-corrected chi connectivity index (χ1v) is 13.5. The van der Waals surface area contributed by atoms with Crippen LogP contribution < -0.4 is 33.8 Å². The summed E-state index contributed by atoms with van der Waals surface area (Å²) in [5.41, 5.74) is 1.95. The van der Waals surface area contributed by atoms with Gasteiger partial charge in [0.05, 0.1) is 55.9 Å².